The summed E-state index contributed by atoms with van der Waals surface area (Å²) in [6.07, 6.45) is 10.1. The lowest BCUT2D eigenvalue weighted by Gasteiger charge is -2.05. The van der Waals surface area contributed by atoms with Gasteiger partial charge in [-0.15, -0.1) is 0 Å². The van der Waals surface area contributed by atoms with Crippen molar-refractivity contribution >= 4 is 11.9 Å². The van der Waals surface area contributed by atoms with Crippen LogP contribution in [0.3, 0.4) is 0 Å². The summed E-state index contributed by atoms with van der Waals surface area (Å²) >= 11 is 0. The maximum absolute atomic E-state index is 5.45. The second-order valence-corrected chi connectivity index (χ2v) is 4.66. The standard InChI is InChI=1S/C13H25N5O/c1-2-3-4-5-6-7-8-9-10-19-13-17-11(14)16-12(15)18-13/h2-10H2,1H3,(H4,14,15,16,17,18). The lowest BCUT2D eigenvalue weighted by molar-refractivity contribution is 0.281. The lowest BCUT2D eigenvalue weighted by atomic mass is 10.1. The molecule has 1 aromatic rings. The topological polar surface area (TPSA) is 99.9 Å². The summed E-state index contributed by atoms with van der Waals surface area (Å²) in [5, 5.41) is 0. The molecule has 1 rings (SSSR count). The molecule has 0 radical (unpaired) electrons. The zero-order valence-electron chi connectivity index (χ0n) is 11.8. The lowest BCUT2D eigenvalue weighted by Crippen LogP contribution is -2.07. The Balaban J connectivity index is 2.01. The Morgan fingerprint density at radius 1 is 0.789 bits per heavy atom. The van der Waals surface area contributed by atoms with E-state index in [1.165, 1.54) is 44.9 Å². The van der Waals surface area contributed by atoms with Gasteiger partial charge in [0.25, 0.3) is 0 Å². The monoisotopic (exact) mass is 267 g/mol. The van der Waals surface area contributed by atoms with Gasteiger partial charge in [-0.2, -0.15) is 15.0 Å². The number of nitrogens with zero attached hydrogens (tertiary/aromatic N) is 3. The molecule has 1 heterocycles. The number of rotatable bonds is 10. The van der Waals surface area contributed by atoms with Gasteiger partial charge in [0, 0.05) is 0 Å². The van der Waals surface area contributed by atoms with Crippen LogP contribution in [0.25, 0.3) is 0 Å². The highest BCUT2D eigenvalue weighted by Crippen LogP contribution is 2.10. The smallest absolute Gasteiger partial charge is 0.323 e. The Morgan fingerprint density at radius 3 is 1.89 bits per heavy atom. The van der Waals surface area contributed by atoms with Crippen LogP contribution >= 0.6 is 0 Å². The predicted octanol–water partition coefficient (Wildman–Crippen LogP) is 2.56. The summed E-state index contributed by atoms with van der Waals surface area (Å²) in [4.78, 5) is 11.4. The van der Waals surface area contributed by atoms with E-state index in [9.17, 15) is 0 Å². The van der Waals surface area contributed by atoms with Crippen molar-refractivity contribution in [1.29, 1.82) is 0 Å². The molecule has 6 heteroatoms. The molecule has 0 spiro atoms. The van der Waals surface area contributed by atoms with Gasteiger partial charge < -0.3 is 16.2 Å². The average Bonchev–Trinajstić information content (AvgIpc) is 2.36. The van der Waals surface area contributed by atoms with E-state index in [2.05, 4.69) is 21.9 Å². The van der Waals surface area contributed by atoms with E-state index in [4.69, 9.17) is 16.2 Å². The molecule has 1 aromatic heterocycles. The van der Waals surface area contributed by atoms with Crippen LogP contribution in [0.4, 0.5) is 11.9 Å². The number of hydrogen-bond donors (Lipinski definition) is 2. The molecule has 0 aliphatic heterocycles. The number of hydrogen-bond acceptors (Lipinski definition) is 6. The van der Waals surface area contributed by atoms with Crippen LogP contribution in [0.15, 0.2) is 0 Å². The molecular formula is C13H25N5O. The van der Waals surface area contributed by atoms with Gasteiger partial charge in [-0.3, -0.25) is 0 Å². The fourth-order valence-electron chi connectivity index (χ4n) is 1.85. The molecule has 0 atom stereocenters. The number of ether oxygens (including phenoxy) is 1. The summed E-state index contributed by atoms with van der Waals surface area (Å²) in [6, 6.07) is 0.216. The molecule has 6 nitrogen and oxygen atoms in total. The minimum absolute atomic E-state index is 0.0958. The molecule has 0 fully saturated rings. The molecule has 0 saturated heterocycles. The minimum Gasteiger partial charge on any atom is -0.463 e. The van der Waals surface area contributed by atoms with Gasteiger partial charge in [-0.05, 0) is 6.42 Å². The van der Waals surface area contributed by atoms with Crippen LogP contribution in [0, 0.1) is 0 Å². The fourth-order valence-corrected chi connectivity index (χ4v) is 1.85. The Morgan fingerprint density at radius 2 is 1.32 bits per heavy atom. The first kappa shape index (κ1) is 15.5. The molecule has 4 N–H and O–H groups in total. The van der Waals surface area contributed by atoms with Gasteiger partial charge >= 0.3 is 6.01 Å². The molecule has 0 bridgehead atoms. The molecule has 19 heavy (non-hydrogen) atoms. The molecule has 108 valence electrons. The van der Waals surface area contributed by atoms with E-state index >= 15 is 0 Å². The number of unbranched alkanes of at least 4 members (excludes halogenated alkanes) is 7. The van der Waals surface area contributed by atoms with Crippen molar-refractivity contribution in [2.24, 2.45) is 0 Å². The minimum atomic E-state index is 0.0958. The zero-order chi connectivity index (χ0) is 13.9. The van der Waals surface area contributed by atoms with Crippen molar-refractivity contribution in [3.8, 4) is 6.01 Å². The first-order chi connectivity index (χ1) is 9.22. The quantitative estimate of drug-likeness (QED) is 0.632. The maximum atomic E-state index is 5.45. The van der Waals surface area contributed by atoms with Crippen LogP contribution in [0.2, 0.25) is 0 Å². The Hall–Kier alpha value is -1.59. The number of nitrogens with two attached hydrogens (primary N) is 2. The highest BCUT2D eigenvalue weighted by atomic mass is 16.5. The third kappa shape index (κ3) is 7.43. The van der Waals surface area contributed by atoms with E-state index in [0.717, 1.165) is 6.42 Å². The predicted molar refractivity (Wildman–Crippen MR) is 76.8 cm³/mol. The third-order valence-corrected chi connectivity index (χ3v) is 2.88. The first-order valence-corrected chi connectivity index (χ1v) is 7.12. The van der Waals surface area contributed by atoms with E-state index in [1.807, 2.05) is 0 Å². The summed E-state index contributed by atoms with van der Waals surface area (Å²) in [5.74, 6) is 0.192. The second kappa shape index (κ2) is 9.35. The molecule has 0 unspecified atom stereocenters. The van der Waals surface area contributed by atoms with Crippen LogP contribution in [0.5, 0.6) is 6.01 Å². The van der Waals surface area contributed by atoms with Crippen LogP contribution in [-0.2, 0) is 0 Å². The van der Waals surface area contributed by atoms with Gasteiger partial charge in [0.1, 0.15) is 0 Å². The first-order valence-electron chi connectivity index (χ1n) is 7.12. The summed E-state index contributed by atoms with van der Waals surface area (Å²) < 4.78 is 5.39. The third-order valence-electron chi connectivity index (χ3n) is 2.88. The summed E-state index contributed by atoms with van der Waals surface area (Å²) in [6.45, 7) is 2.83. The molecule has 0 aromatic carbocycles. The highest BCUT2D eigenvalue weighted by molar-refractivity contribution is 5.27. The van der Waals surface area contributed by atoms with Crippen molar-refractivity contribution in [2.75, 3.05) is 18.1 Å². The van der Waals surface area contributed by atoms with E-state index in [1.54, 1.807) is 0 Å². The number of aromatic nitrogens is 3. The summed E-state index contributed by atoms with van der Waals surface area (Å²) in [7, 11) is 0. The van der Waals surface area contributed by atoms with Crippen molar-refractivity contribution < 1.29 is 4.74 Å². The SMILES string of the molecule is CCCCCCCCCCOc1nc(N)nc(N)n1. The molecule has 0 aliphatic rings. The van der Waals surface area contributed by atoms with Gasteiger partial charge in [0.2, 0.25) is 11.9 Å². The van der Waals surface area contributed by atoms with E-state index < -0.39 is 0 Å². The highest BCUT2D eigenvalue weighted by Gasteiger charge is 2.02. The van der Waals surface area contributed by atoms with Crippen LogP contribution in [0.1, 0.15) is 58.3 Å². The largest absolute Gasteiger partial charge is 0.463 e. The van der Waals surface area contributed by atoms with Gasteiger partial charge in [-0.25, -0.2) is 0 Å². The average molecular weight is 267 g/mol. The van der Waals surface area contributed by atoms with E-state index in [0.29, 0.717) is 6.61 Å². The fraction of sp³-hybridized carbons (Fsp3) is 0.769. The Labute approximate surface area is 115 Å². The number of nitrogen functional groups attached to an aromatic ring is 2. The Bertz CT molecular complexity index is 339. The van der Waals surface area contributed by atoms with Crippen LogP contribution in [-0.4, -0.2) is 21.6 Å². The van der Waals surface area contributed by atoms with Crippen molar-refractivity contribution in [3.63, 3.8) is 0 Å². The Kier molecular flexibility index (Phi) is 7.62. The van der Waals surface area contributed by atoms with Crippen molar-refractivity contribution in [1.82, 2.24) is 15.0 Å². The molecular weight excluding hydrogens is 242 g/mol. The van der Waals surface area contributed by atoms with Gasteiger partial charge in [0.05, 0.1) is 6.61 Å². The number of anilines is 2. The normalized spacial score (nSPS) is 10.6. The summed E-state index contributed by atoms with van der Waals surface area (Å²) in [5.41, 5.74) is 10.9. The van der Waals surface area contributed by atoms with Gasteiger partial charge in [-0.1, -0.05) is 51.9 Å². The zero-order valence-corrected chi connectivity index (χ0v) is 11.8. The molecule has 0 aliphatic carbocycles. The molecule has 0 amide bonds. The van der Waals surface area contributed by atoms with Gasteiger partial charge in [0.15, 0.2) is 0 Å². The van der Waals surface area contributed by atoms with Crippen LogP contribution < -0.4 is 16.2 Å². The van der Waals surface area contributed by atoms with Crippen molar-refractivity contribution in [2.45, 2.75) is 58.3 Å². The maximum Gasteiger partial charge on any atom is 0.323 e. The van der Waals surface area contributed by atoms with Crippen molar-refractivity contribution in [3.05, 3.63) is 0 Å². The second-order valence-electron chi connectivity index (χ2n) is 4.66. The molecule has 0 saturated carbocycles. The van der Waals surface area contributed by atoms with E-state index in [-0.39, 0.29) is 17.9 Å².